The lowest BCUT2D eigenvalue weighted by Crippen LogP contribution is -2.36. The first-order chi connectivity index (χ1) is 11.6. The van der Waals surface area contributed by atoms with Crippen LogP contribution < -0.4 is 5.32 Å². The first-order valence-corrected chi connectivity index (χ1v) is 8.87. The zero-order chi connectivity index (χ0) is 16.7. The minimum Gasteiger partial charge on any atom is -0.376 e. The lowest BCUT2D eigenvalue weighted by Gasteiger charge is -2.20. The summed E-state index contributed by atoms with van der Waals surface area (Å²) < 4.78 is 5.89. The number of carbonyl (C=O) groups excluding carboxylic acids is 2. The summed E-state index contributed by atoms with van der Waals surface area (Å²) in [5, 5.41) is 3.02. The number of nitrogens with zero attached hydrogens (tertiary/aromatic N) is 1. The summed E-state index contributed by atoms with van der Waals surface area (Å²) >= 11 is 0. The van der Waals surface area contributed by atoms with Gasteiger partial charge in [0.05, 0.1) is 12.7 Å². The van der Waals surface area contributed by atoms with Gasteiger partial charge in [0, 0.05) is 43.0 Å². The third-order valence-electron chi connectivity index (χ3n) is 5.74. The van der Waals surface area contributed by atoms with E-state index in [1.165, 1.54) is 0 Å². The molecule has 2 aliphatic heterocycles. The minimum absolute atomic E-state index is 0.0446. The molecule has 24 heavy (non-hydrogen) atoms. The van der Waals surface area contributed by atoms with Gasteiger partial charge in [-0.2, -0.15) is 0 Å². The number of ether oxygens (including phenoxy) is 1. The Kier molecular flexibility index (Phi) is 4.04. The number of nitrogens with one attached hydrogen (secondary N) is 1. The molecule has 0 aromatic heterocycles. The molecular formula is C19H24N2O3. The average Bonchev–Trinajstić information content (AvgIpc) is 3.02. The molecule has 1 N–H and O–H groups in total. The fraction of sp³-hybridized carbons (Fsp3) is 0.579. The Morgan fingerprint density at radius 1 is 1.25 bits per heavy atom. The molecule has 5 nitrogen and oxygen atoms in total. The SMILES string of the molecule is C[C@@H]1C[C@H]1C(=O)N1C[C@@H]2[C@H](CNC(=O)c3ccccc3)CO[C@@H]2C1. The molecule has 2 heterocycles. The third kappa shape index (κ3) is 2.93. The van der Waals surface area contributed by atoms with Gasteiger partial charge in [-0.05, 0) is 24.5 Å². The summed E-state index contributed by atoms with van der Waals surface area (Å²) in [6.45, 7) is 4.91. The molecule has 128 valence electrons. The van der Waals surface area contributed by atoms with Crippen molar-refractivity contribution in [3.05, 3.63) is 35.9 Å². The maximum atomic E-state index is 12.4. The molecule has 0 bridgehead atoms. The molecule has 5 atom stereocenters. The number of fused-ring (bicyclic) bond motifs is 1. The number of likely N-dealkylation sites (tertiary alicyclic amines) is 1. The molecule has 2 amide bonds. The molecule has 1 aromatic carbocycles. The van der Waals surface area contributed by atoms with Crippen molar-refractivity contribution in [1.29, 1.82) is 0 Å². The lowest BCUT2D eigenvalue weighted by atomic mass is 9.93. The van der Waals surface area contributed by atoms with Gasteiger partial charge in [0.2, 0.25) is 5.91 Å². The summed E-state index contributed by atoms with van der Waals surface area (Å²) in [6.07, 6.45) is 1.17. The van der Waals surface area contributed by atoms with Crippen molar-refractivity contribution in [2.45, 2.75) is 19.4 Å². The topological polar surface area (TPSA) is 58.6 Å². The molecule has 1 aromatic rings. The van der Waals surface area contributed by atoms with E-state index in [2.05, 4.69) is 12.2 Å². The van der Waals surface area contributed by atoms with E-state index in [-0.39, 0.29) is 23.8 Å². The molecule has 0 radical (unpaired) electrons. The average molecular weight is 328 g/mol. The van der Waals surface area contributed by atoms with Crippen LogP contribution in [-0.4, -0.2) is 49.1 Å². The van der Waals surface area contributed by atoms with Crippen LogP contribution in [0.5, 0.6) is 0 Å². The molecule has 5 heteroatoms. The molecule has 0 unspecified atom stereocenters. The molecule has 4 rings (SSSR count). The Labute approximate surface area is 142 Å². The highest BCUT2D eigenvalue weighted by Gasteiger charge is 2.49. The quantitative estimate of drug-likeness (QED) is 0.912. The highest BCUT2D eigenvalue weighted by atomic mass is 16.5. The molecule has 1 saturated carbocycles. The van der Waals surface area contributed by atoms with Crippen LogP contribution in [0.2, 0.25) is 0 Å². The van der Waals surface area contributed by atoms with Crippen LogP contribution in [0, 0.1) is 23.7 Å². The smallest absolute Gasteiger partial charge is 0.251 e. The Bertz CT molecular complexity index is 633. The molecule has 1 aliphatic carbocycles. The van der Waals surface area contributed by atoms with Crippen LogP contribution in [0.4, 0.5) is 0 Å². The lowest BCUT2D eigenvalue weighted by molar-refractivity contribution is -0.132. The van der Waals surface area contributed by atoms with Crippen molar-refractivity contribution < 1.29 is 14.3 Å². The van der Waals surface area contributed by atoms with E-state index >= 15 is 0 Å². The summed E-state index contributed by atoms with van der Waals surface area (Å²) in [7, 11) is 0. The van der Waals surface area contributed by atoms with E-state index < -0.39 is 0 Å². The van der Waals surface area contributed by atoms with Crippen LogP contribution in [0.3, 0.4) is 0 Å². The minimum atomic E-state index is -0.0446. The number of rotatable bonds is 4. The second kappa shape index (κ2) is 6.20. The second-order valence-corrected chi connectivity index (χ2v) is 7.43. The van der Waals surface area contributed by atoms with Gasteiger partial charge in [-0.25, -0.2) is 0 Å². The van der Waals surface area contributed by atoms with E-state index in [1.54, 1.807) is 0 Å². The van der Waals surface area contributed by atoms with Crippen LogP contribution in [0.1, 0.15) is 23.7 Å². The predicted molar refractivity (Wildman–Crippen MR) is 89.3 cm³/mol. The van der Waals surface area contributed by atoms with Gasteiger partial charge in [-0.1, -0.05) is 25.1 Å². The largest absolute Gasteiger partial charge is 0.376 e. The van der Waals surface area contributed by atoms with Crippen LogP contribution in [0.15, 0.2) is 30.3 Å². The van der Waals surface area contributed by atoms with Crippen molar-refractivity contribution >= 4 is 11.8 Å². The van der Waals surface area contributed by atoms with E-state index in [9.17, 15) is 9.59 Å². The zero-order valence-corrected chi connectivity index (χ0v) is 14.0. The monoisotopic (exact) mass is 328 g/mol. The van der Waals surface area contributed by atoms with E-state index in [0.29, 0.717) is 36.5 Å². The van der Waals surface area contributed by atoms with Gasteiger partial charge in [0.25, 0.3) is 5.91 Å². The first-order valence-electron chi connectivity index (χ1n) is 8.87. The van der Waals surface area contributed by atoms with Gasteiger partial charge in [-0.15, -0.1) is 0 Å². The van der Waals surface area contributed by atoms with Gasteiger partial charge in [0.1, 0.15) is 0 Å². The highest BCUT2D eigenvalue weighted by molar-refractivity contribution is 5.94. The molecule has 3 fully saturated rings. The van der Waals surface area contributed by atoms with E-state index in [4.69, 9.17) is 4.74 Å². The van der Waals surface area contributed by atoms with Crippen molar-refractivity contribution in [2.24, 2.45) is 23.7 Å². The van der Waals surface area contributed by atoms with Gasteiger partial charge in [0.15, 0.2) is 0 Å². The van der Waals surface area contributed by atoms with Crippen LogP contribution in [-0.2, 0) is 9.53 Å². The Morgan fingerprint density at radius 2 is 2.00 bits per heavy atom. The summed E-state index contributed by atoms with van der Waals surface area (Å²) in [5.74, 6) is 1.67. The standard InChI is InChI=1S/C19H24N2O3/c1-12-7-15(12)19(23)21-9-16-14(11-24-17(16)10-21)8-20-18(22)13-5-3-2-4-6-13/h2-6,12,14-17H,7-11H2,1H3,(H,20,22)/t12-,14-,15-,16-,17-/m1/s1. The van der Waals surface area contributed by atoms with Crippen molar-refractivity contribution in [3.8, 4) is 0 Å². The first kappa shape index (κ1) is 15.6. The fourth-order valence-corrected chi connectivity index (χ4v) is 4.01. The number of benzene rings is 1. The maximum Gasteiger partial charge on any atom is 0.251 e. The number of hydrogen-bond acceptors (Lipinski definition) is 3. The van der Waals surface area contributed by atoms with E-state index in [1.807, 2.05) is 35.2 Å². The van der Waals surface area contributed by atoms with Gasteiger partial charge in [-0.3, -0.25) is 9.59 Å². The van der Waals surface area contributed by atoms with Crippen LogP contribution >= 0.6 is 0 Å². The van der Waals surface area contributed by atoms with Gasteiger partial charge >= 0.3 is 0 Å². The van der Waals surface area contributed by atoms with Crippen molar-refractivity contribution in [3.63, 3.8) is 0 Å². The Morgan fingerprint density at radius 3 is 2.71 bits per heavy atom. The number of carbonyl (C=O) groups is 2. The third-order valence-corrected chi connectivity index (χ3v) is 5.74. The molecular weight excluding hydrogens is 304 g/mol. The van der Waals surface area contributed by atoms with E-state index in [0.717, 1.165) is 19.5 Å². The number of hydrogen-bond donors (Lipinski definition) is 1. The highest BCUT2D eigenvalue weighted by Crippen LogP contribution is 2.41. The van der Waals surface area contributed by atoms with Crippen molar-refractivity contribution in [2.75, 3.05) is 26.2 Å². The molecule has 2 saturated heterocycles. The summed E-state index contributed by atoms with van der Waals surface area (Å²) in [4.78, 5) is 26.6. The zero-order valence-electron chi connectivity index (χ0n) is 14.0. The summed E-state index contributed by atoms with van der Waals surface area (Å²) in [6, 6.07) is 9.26. The van der Waals surface area contributed by atoms with Crippen molar-refractivity contribution in [1.82, 2.24) is 10.2 Å². The predicted octanol–water partition coefficient (Wildman–Crippen LogP) is 1.55. The maximum absolute atomic E-state index is 12.4. The second-order valence-electron chi connectivity index (χ2n) is 7.43. The Balaban J connectivity index is 1.31. The number of amides is 2. The molecule has 3 aliphatic rings. The van der Waals surface area contributed by atoms with Crippen LogP contribution in [0.25, 0.3) is 0 Å². The normalized spacial score (nSPS) is 34.0. The summed E-state index contributed by atoms with van der Waals surface area (Å²) in [5.41, 5.74) is 0.680. The van der Waals surface area contributed by atoms with Gasteiger partial charge < -0.3 is 15.0 Å². The fourth-order valence-electron chi connectivity index (χ4n) is 4.01. The molecule has 0 spiro atoms. The Hall–Kier alpha value is -1.88.